The summed E-state index contributed by atoms with van der Waals surface area (Å²) in [6.07, 6.45) is 0.221. The highest BCUT2D eigenvalue weighted by Crippen LogP contribution is 2.12. The third-order valence-corrected chi connectivity index (χ3v) is 3.37. The first-order valence-electron chi connectivity index (χ1n) is 7.25. The summed E-state index contributed by atoms with van der Waals surface area (Å²) in [6, 6.07) is 2.65. The van der Waals surface area contributed by atoms with Crippen molar-refractivity contribution in [3.8, 4) is 0 Å². The first-order valence-corrected chi connectivity index (χ1v) is 7.25. The molecule has 24 heavy (non-hydrogen) atoms. The van der Waals surface area contributed by atoms with Crippen molar-refractivity contribution in [2.45, 2.75) is 12.5 Å². The van der Waals surface area contributed by atoms with Crippen molar-refractivity contribution in [3.05, 3.63) is 29.8 Å². The molecule has 2 N–H and O–H groups in total. The first kappa shape index (κ1) is 20.3. The molecule has 1 aliphatic rings. The van der Waals surface area contributed by atoms with E-state index >= 15 is 0 Å². The number of hydrogen-bond donors (Lipinski definition) is 2. The summed E-state index contributed by atoms with van der Waals surface area (Å²) in [6.45, 7) is 1.55. The van der Waals surface area contributed by atoms with Crippen LogP contribution in [0.25, 0.3) is 0 Å². The highest BCUT2D eigenvalue weighted by Gasteiger charge is 2.20. The van der Waals surface area contributed by atoms with Gasteiger partial charge in [-0.25, -0.2) is 8.78 Å². The van der Waals surface area contributed by atoms with Gasteiger partial charge in [0.2, 0.25) is 11.8 Å². The Labute approximate surface area is 144 Å². The Morgan fingerprint density at radius 3 is 2.58 bits per heavy atom. The maximum absolute atomic E-state index is 13.1. The highest BCUT2D eigenvalue weighted by molar-refractivity contribution is 5.94. The van der Waals surface area contributed by atoms with Gasteiger partial charge in [-0.3, -0.25) is 9.59 Å². The molecule has 0 saturated carbocycles. The summed E-state index contributed by atoms with van der Waals surface area (Å²) in [4.78, 5) is 25.2. The molecule has 2 amide bonds. The molecule has 1 heterocycles. The highest BCUT2D eigenvalue weighted by atomic mass is 35.5. The molecule has 1 saturated heterocycles. The number of rotatable bonds is 5. The zero-order chi connectivity index (χ0) is 16.8. The van der Waals surface area contributed by atoms with Gasteiger partial charge in [0, 0.05) is 37.8 Å². The maximum Gasteiger partial charge on any atom is 0.243 e. The maximum atomic E-state index is 13.1. The molecule has 0 spiro atoms. The van der Waals surface area contributed by atoms with E-state index in [1.807, 2.05) is 0 Å². The van der Waals surface area contributed by atoms with Crippen molar-refractivity contribution < 1.29 is 23.1 Å². The van der Waals surface area contributed by atoms with Crippen molar-refractivity contribution in [3.63, 3.8) is 0 Å². The zero-order valence-corrected chi connectivity index (χ0v) is 14.0. The lowest BCUT2D eigenvalue weighted by Crippen LogP contribution is -2.45. The van der Waals surface area contributed by atoms with Crippen molar-refractivity contribution in [1.82, 2.24) is 10.2 Å². The molecule has 9 heteroatoms. The van der Waals surface area contributed by atoms with Crippen molar-refractivity contribution in [2.24, 2.45) is 0 Å². The average Bonchev–Trinajstić information content (AvgIpc) is 2.46. The van der Waals surface area contributed by atoms with Gasteiger partial charge in [-0.05, 0) is 12.1 Å². The number of halogens is 3. The Morgan fingerprint density at radius 2 is 2.00 bits per heavy atom. The summed E-state index contributed by atoms with van der Waals surface area (Å²) in [7, 11) is 1.50. The van der Waals surface area contributed by atoms with Crippen LogP contribution in [0.4, 0.5) is 14.5 Å². The van der Waals surface area contributed by atoms with Gasteiger partial charge < -0.3 is 20.3 Å². The van der Waals surface area contributed by atoms with E-state index in [2.05, 4.69) is 10.6 Å². The minimum atomic E-state index is -0.784. The number of nitrogens with one attached hydrogen (secondary N) is 2. The molecule has 134 valence electrons. The number of morpholine rings is 1. The lowest BCUT2D eigenvalue weighted by Gasteiger charge is -2.25. The smallest absolute Gasteiger partial charge is 0.243 e. The summed E-state index contributed by atoms with van der Waals surface area (Å²) in [5.74, 6) is -2.31. The predicted octanol–water partition coefficient (Wildman–Crippen LogP) is 1.16. The van der Waals surface area contributed by atoms with Gasteiger partial charge in [-0.1, -0.05) is 0 Å². The quantitative estimate of drug-likeness (QED) is 0.823. The molecule has 0 bridgehead atoms. The van der Waals surface area contributed by atoms with Crippen LogP contribution in [0.3, 0.4) is 0 Å². The fourth-order valence-electron chi connectivity index (χ4n) is 2.25. The SMILES string of the molecule is CN(CC(=O)Nc1cc(F)cc(F)c1)C(=O)CC1COCCN1.Cl. The molecule has 1 unspecified atom stereocenters. The Balaban J connectivity index is 0.00000288. The third-order valence-electron chi connectivity index (χ3n) is 3.37. The normalized spacial score (nSPS) is 16.9. The number of nitrogens with zero attached hydrogens (tertiary/aromatic N) is 1. The Hall–Kier alpha value is -1.77. The van der Waals surface area contributed by atoms with Crippen LogP contribution in [-0.4, -0.2) is 56.1 Å². The van der Waals surface area contributed by atoms with Crippen LogP contribution in [0.2, 0.25) is 0 Å². The summed E-state index contributed by atoms with van der Waals surface area (Å²) in [5.41, 5.74) is 0.00990. The van der Waals surface area contributed by atoms with E-state index < -0.39 is 17.5 Å². The van der Waals surface area contributed by atoms with Gasteiger partial charge in [0.25, 0.3) is 0 Å². The number of benzene rings is 1. The van der Waals surface area contributed by atoms with Gasteiger partial charge in [-0.15, -0.1) is 12.4 Å². The third kappa shape index (κ3) is 6.38. The molecule has 0 aliphatic carbocycles. The van der Waals surface area contributed by atoms with Crippen LogP contribution < -0.4 is 10.6 Å². The van der Waals surface area contributed by atoms with Crippen molar-refractivity contribution in [1.29, 1.82) is 0 Å². The van der Waals surface area contributed by atoms with E-state index in [0.717, 1.165) is 12.1 Å². The molecule has 1 aliphatic heterocycles. The van der Waals surface area contributed by atoms with E-state index in [1.165, 1.54) is 11.9 Å². The van der Waals surface area contributed by atoms with E-state index in [-0.39, 0.29) is 43.0 Å². The lowest BCUT2D eigenvalue weighted by atomic mass is 10.2. The standard InChI is InChI=1S/C15H19F2N3O3.ClH/c1-20(15(22)7-13-9-23-3-2-18-13)8-14(21)19-12-5-10(16)4-11(17)6-12;/h4-6,13,18H,2-3,7-9H2,1H3,(H,19,21);1H. The number of ether oxygens (including phenoxy) is 1. The molecule has 6 nitrogen and oxygen atoms in total. The summed E-state index contributed by atoms with van der Waals surface area (Å²) >= 11 is 0. The largest absolute Gasteiger partial charge is 0.378 e. The van der Waals surface area contributed by atoms with Gasteiger partial charge in [0.15, 0.2) is 0 Å². The van der Waals surface area contributed by atoms with E-state index in [0.29, 0.717) is 25.8 Å². The van der Waals surface area contributed by atoms with Crippen LogP contribution in [0.5, 0.6) is 0 Å². The van der Waals surface area contributed by atoms with Gasteiger partial charge in [0.1, 0.15) is 11.6 Å². The second-order valence-electron chi connectivity index (χ2n) is 5.39. The summed E-state index contributed by atoms with van der Waals surface area (Å²) < 4.78 is 31.4. The van der Waals surface area contributed by atoms with Crippen LogP contribution in [0, 0.1) is 11.6 Å². The van der Waals surface area contributed by atoms with Gasteiger partial charge in [0.05, 0.1) is 19.8 Å². The van der Waals surface area contributed by atoms with E-state index in [1.54, 1.807) is 0 Å². The predicted molar refractivity (Wildman–Crippen MR) is 87.1 cm³/mol. The monoisotopic (exact) mass is 363 g/mol. The number of amides is 2. The Morgan fingerprint density at radius 1 is 1.33 bits per heavy atom. The topological polar surface area (TPSA) is 70.7 Å². The van der Waals surface area contributed by atoms with Crippen LogP contribution in [0.1, 0.15) is 6.42 Å². The van der Waals surface area contributed by atoms with E-state index in [9.17, 15) is 18.4 Å². The van der Waals surface area contributed by atoms with Crippen LogP contribution in [0.15, 0.2) is 18.2 Å². The second-order valence-corrected chi connectivity index (χ2v) is 5.39. The van der Waals surface area contributed by atoms with Crippen molar-refractivity contribution >= 4 is 29.9 Å². The van der Waals surface area contributed by atoms with Crippen LogP contribution in [-0.2, 0) is 14.3 Å². The molecule has 2 rings (SSSR count). The fraction of sp³-hybridized carbons (Fsp3) is 0.467. The molecule has 1 fully saturated rings. The Kier molecular flexibility index (Phi) is 8.03. The molecular weight excluding hydrogens is 344 g/mol. The van der Waals surface area contributed by atoms with Gasteiger partial charge >= 0.3 is 0 Å². The molecule has 1 aromatic rings. The van der Waals surface area contributed by atoms with Crippen molar-refractivity contribution in [2.75, 3.05) is 38.7 Å². The number of hydrogen-bond acceptors (Lipinski definition) is 4. The molecule has 1 atom stereocenters. The minimum absolute atomic E-state index is 0. The first-order chi connectivity index (χ1) is 10.9. The lowest BCUT2D eigenvalue weighted by molar-refractivity contribution is -0.134. The molecular formula is C15H20ClF2N3O3. The second kappa shape index (κ2) is 9.51. The number of anilines is 1. The molecule has 0 aromatic heterocycles. The zero-order valence-electron chi connectivity index (χ0n) is 13.2. The van der Waals surface area contributed by atoms with Crippen LogP contribution >= 0.6 is 12.4 Å². The van der Waals surface area contributed by atoms with Gasteiger partial charge in [-0.2, -0.15) is 0 Å². The number of carbonyl (C=O) groups excluding carboxylic acids is 2. The number of likely N-dealkylation sites (N-methyl/N-ethyl adjacent to an activating group) is 1. The summed E-state index contributed by atoms with van der Waals surface area (Å²) in [5, 5.41) is 5.51. The average molecular weight is 364 g/mol. The molecule has 0 radical (unpaired) electrons. The van der Waals surface area contributed by atoms with E-state index in [4.69, 9.17) is 4.74 Å². The fourth-order valence-corrected chi connectivity index (χ4v) is 2.25. The minimum Gasteiger partial charge on any atom is -0.378 e. The Bertz CT molecular complexity index is 563. The number of carbonyl (C=O) groups is 2. The molecule has 1 aromatic carbocycles.